The second-order valence-corrected chi connectivity index (χ2v) is 10.8. The minimum atomic E-state index is -0.365. The van der Waals surface area contributed by atoms with Crippen LogP contribution in [0.3, 0.4) is 0 Å². The SMILES string of the molecule is COc1ccc2c3c1OC1C(=O)CC[C@@]4(Cc5ccccc5)[C@@H](C2)N(CC2CC2)CC[C@]314. The van der Waals surface area contributed by atoms with E-state index in [2.05, 4.69) is 47.4 Å². The second-order valence-electron chi connectivity index (χ2n) is 10.8. The molecule has 1 unspecified atom stereocenters. The number of rotatable bonds is 5. The lowest BCUT2D eigenvalue weighted by Crippen LogP contribution is -2.73. The summed E-state index contributed by atoms with van der Waals surface area (Å²) in [5, 5.41) is 0. The molecule has 2 heterocycles. The van der Waals surface area contributed by atoms with Crippen LogP contribution in [-0.4, -0.2) is 43.0 Å². The number of likely N-dealkylation sites (tertiary alicyclic amines) is 1. The first-order valence-electron chi connectivity index (χ1n) is 12.3. The van der Waals surface area contributed by atoms with Gasteiger partial charge in [-0.15, -0.1) is 0 Å². The Morgan fingerprint density at radius 1 is 1.12 bits per heavy atom. The van der Waals surface area contributed by atoms with Crippen molar-refractivity contribution in [3.05, 3.63) is 59.2 Å². The van der Waals surface area contributed by atoms with E-state index in [9.17, 15) is 4.79 Å². The van der Waals surface area contributed by atoms with Crippen LogP contribution in [0, 0.1) is 11.3 Å². The third-order valence-corrected chi connectivity index (χ3v) is 9.39. The van der Waals surface area contributed by atoms with E-state index in [-0.39, 0.29) is 22.7 Å². The number of ether oxygens (including phenoxy) is 2. The maximum atomic E-state index is 13.4. The van der Waals surface area contributed by atoms with E-state index in [0.717, 1.165) is 49.6 Å². The third-order valence-electron chi connectivity index (χ3n) is 9.39. The minimum Gasteiger partial charge on any atom is -0.493 e. The van der Waals surface area contributed by atoms with Crippen molar-refractivity contribution in [2.75, 3.05) is 20.2 Å². The van der Waals surface area contributed by atoms with E-state index in [0.29, 0.717) is 12.5 Å². The summed E-state index contributed by atoms with van der Waals surface area (Å²) in [5.74, 6) is 2.80. The molecule has 3 aliphatic carbocycles. The van der Waals surface area contributed by atoms with Gasteiger partial charge in [-0.05, 0) is 68.2 Å². The molecule has 0 amide bonds. The van der Waals surface area contributed by atoms with E-state index < -0.39 is 0 Å². The standard InChI is InChI=1S/C28H31NO3/c1-31-22-10-9-20-15-23-27(16-18-5-3-2-4-6-18)12-11-21(30)26-28(27,24(20)25(22)32-26)13-14-29(23)17-19-7-8-19/h2-6,9-10,19,23,26H,7-8,11-17H2,1H3/t23-,26?,27-,28+/m1/s1. The number of hydrogen-bond acceptors (Lipinski definition) is 4. The Hall–Kier alpha value is -2.33. The van der Waals surface area contributed by atoms with Gasteiger partial charge in [-0.2, -0.15) is 0 Å². The van der Waals surface area contributed by atoms with Crippen LogP contribution in [0.1, 0.15) is 48.8 Å². The van der Waals surface area contributed by atoms with Crippen molar-refractivity contribution < 1.29 is 14.3 Å². The van der Waals surface area contributed by atoms with Gasteiger partial charge < -0.3 is 9.47 Å². The van der Waals surface area contributed by atoms with E-state index in [4.69, 9.17) is 9.47 Å². The van der Waals surface area contributed by atoms with Crippen molar-refractivity contribution in [3.63, 3.8) is 0 Å². The summed E-state index contributed by atoms with van der Waals surface area (Å²) in [6, 6.07) is 15.7. The lowest BCUT2D eigenvalue weighted by atomic mass is 9.42. The van der Waals surface area contributed by atoms with Crippen molar-refractivity contribution in [3.8, 4) is 11.5 Å². The summed E-state index contributed by atoms with van der Waals surface area (Å²) in [4.78, 5) is 16.2. The number of ketones is 1. The molecule has 2 aromatic rings. The molecule has 4 atom stereocenters. The summed E-state index contributed by atoms with van der Waals surface area (Å²) in [5.41, 5.74) is 3.86. The van der Waals surface area contributed by atoms with Crippen LogP contribution in [-0.2, 0) is 23.1 Å². The lowest BCUT2D eigenvalue weighted by molar-refractivity contribution is -0.155. The Balaban J connectivity index is 1.47. The molecule has 0 N–H and O–H groups in total. The molecule has 2 saturated carbocycles. The Morgan fingerprint density at radius 3 is 2.75 bits per heavy atom. The Bertz CT molecular complexity index is 1090. The highest BCUT2D eigenvalue weighted by Gasteiger charge is 2.72. The number of hydrogen-bond donors (Lipinski definition) is 0. The maximum absolute atomic E-state index is 13.4. The van der Waals surface area contributed by atoms with E-state index in [1.807, 2.05) is 0 Å². The van der Waals surface area contributed by atoms with E-state index in [1.165, 1.54) is 36.1 Å². The quantitative estimate of drug-likeness (QED) is 0.709. The number of piperidine rings is 1. The van der Waals surface area contributed by atoms with Crippen molar-refractivity contribution in [2.45, 2.75) is 62.5 Å². The molecule has 32 heavy (non-hydrogen) atoms. The van der Waals surface area contributed by atoms with Crippen LogP contribution >= 0.6 is 0 Å². The van der Waals surface area contributed by atoms with Gasteiger partial charge in [-0.1, -0.05) is 36.4 Å². The molecule has 2 aliphatic heterocycles. The van der Waals surface area contributed by atoms with Gasteiger partial charge in [0.2, 0.25) is 0 Å². The predicted octanol–water partition coefficient (Wildman–Crippen LogP) is 4.33. The Kier molecular flexibility index (Phi) is 3.95. The van der Waals surface area contributed by atoms with Crippen LogP contribution in [0.25, 0.3) is 0 Å². The van der Waals surface area contributed by atoms with Crippen LogP contribution in [0.2, 0.25) is 0 Å². The fourth-order valence-electron chi connectivity index (χ4n) is 7.94. The number of carbonyl (C=O) groups is 1. The number of carbonyl (C=O) groups excluding carboxylic acids is 1. The van der Waals surface area contributed by atoms with Crippen LogP contribution in [0.15, 0.2) is 42.5 Å². The van der Waals surface area contributed by atoms with Gasteiger partial charge in [0, 0.05) is 30.0 Å². The molecule has 1 spiro atoms. The first-order valence-corrected chi connectivity index (χ1v) is 12.3. The predicted molar refractivity (Wildman–Crippen MR) is 122 cm³/mol. The second kappa shape index (κ2) is 6.60. The zero-order valence-corrected chi connectivity index (χ0v) is 18.8. The molecule has 0 radical (unpaired) electrons. The highest BCUT2D eigenvalue weighted by molar-refractivity contribution is 5.89. The summed E-state index contributed by atoms with van der Waals surface area (Å²) >= 11 is 0. The fourth-order valence-corrected chi connectivity index (χ4v) is 7.94. The van der Waals surface area contributed by atoms with Crippen LogP contribution in [0.5, 0.6) is 11.5 Å². The summed E-state index contributed by atoms with van der Waals surface area (Å²) in [6.45, 7) is 2.29. The maximum Gasteiger partial charge on any atom is 0.174 e. The van der Waals surface area contributed by atoms with Crippen molar-refractivity contribution in [1.82, 2.24) is 4.90 Å². The lowest BCUT2D eigenvalue weighted by Gasteiger charge is -2.65. The van der Waals surface area contributed by atoms with Crippen molar-refractivity contribution in [2.24, 2.45) is 11.3 Å². The molecule has 166 valence electrons. The molecule has 4 nitrogen and oxygen atoms in total. The average molecular weight is 430 g/mol. The highest BCUT2D eigenvalue weighted by Crippen LogP contribution is 2.69. The van der Waals surface area contributed by atoms with Gasteiger partial charge in [-0.3, -0.25) is 9.69 Å². The van der Waals surface area contributed by atoms with Gasteiger partial charge in [0.05, 0.1) is 12.5 Å². The Labute approximate surface area is 189 Å². The normalized spacial score (nSPS) is 34.7. The monoisotopic (exact) mass is 429 g/mol. The zero-order valence-electron chi connectivity index (χ0n) is 18.8. The molecule has 0 aromatic heterocycles. The summed E-state index contributed by atoms with van der Waals surface area (Å²) in [7, 11) is 1.71. The number of nitrogens with zero attached hydrogens (tertiary/aromatic N) is 1. The van der Waals surface area contributed by atoms with Gasteiger partial charge in [0.1, 0.15) is 0 Å². The van der Waals surface area contributed by atoms with Gasteiger partial charge in [-0.25, -0.2) is 0 Å². The molecular formula is C28H31NO3. The molecular weight excluding hydrogens is 398 g/mol. The Morgan fingerprint density at radius 2 is 1.97 bits per heavy atom. The molecule has 2 bridgehead atoms. The van der Waals surface area contributed by atoms with Crippen LogP contribution < -0.4 is 9.47 Å². The minimum absolute atomic E-state index is 0.0185. The molecule has 3 fully saturated rings. The topological polar surface area (TPSA) is 38.8 Å². The molecule has 1 saturated heterocycles. The first-order chi connectivity index (χ1) is 15.7. The molecule has 7 rings (SSSR count). The summed E-state index contributed by atoms with van der Waals surface area (Å²) in [6.07, 6.45) is 7.05. The average Bonchev–Trinajstić information content (AvgIpc) is 3.55. The number of benzene rings is 2. The third kappa shape index (κ3) is 2.34. The fraction of sp³-hybridized carbons (Fsp3) is 0.536. The van der Waals surface area contributed by atoms with Gasteiger partial charge in [0.25, 0.3) is 0 Å². The van der Waals surface area contributed by atoms with Gasteiger partial charge >= 0.3 is 0 Å². The molecule has 5 aliphatic rings. The van der Waals surface area contributed by atoms with Crippen molar-refractivity contribution in [1.29, 1.82) is 0 Å². The zero-order chi connectivity index (χ0) is 21.5. The van der Waals surface area contributed by atoms with Crippen LogP contribution in [0.4, 0.5) is 0 Å². The van der Waals surface area contributed by atoms with Gasteiger partial charge in [0.15, 0.2) is 23.4 Å². The molecule has 4 heteroatoms. The highest BCUT2D eigenvalue weighted by atomic mass is 16.5. The van der Waals surface area contributed by atoms with E-state index >= 15 is 0 Å². The number of methoxy groups -OCH3 is 1. The first kappa shape index (κ1) is 19.2. The van der Waals surface area contributed by atoms with E-state index in [1.54, 1.807) is 7.11 Å². The molecule has 2 aromatic carbocycles. The largest absolute Gasteiger partial charge is 0.493 e. The van der Waals surface area contributed by atoms with Crippen molar-refractivity contribution >= 4 is 5.78 Å². The smallest absolute Gasteiger partial charge is 0.174 e. The summed E-state index contributed by atoms with van der Waals surface area (Å²) < 4.78 is 12.3. The number of Topliss-reactive ketones (excluding diaryl/α,β-unsaturated/α-hetero) is 1.